The predicted octanol–water partition coefficient (Wildman–Crippen LogP) is 2.66. The predicted molar refractivity (Wildman–Crippen MR) is 60.3 cm³/mol. The highest BCUT2D eigenvalue weighted by Crippen LogP contribution is 2.38. The molecule has 1 heterocycles. The van der Waals surface area contributed by atoms with Gasteiger partial charge in [0.1, 0.15) is 0 Å². The second-order valence-electron chi connectivity index (χ2n) is 4.33. The maximum Gasteiger partial charge on any atom is 0.0214 e. The molecule has 1 saturated heterocycles. The number of thioether (sulfide) groups is 1. The van der Waals surface area contributed by atoms with E-state index in [9.17, 15) is 0 Å². The number of hydrogen-bond donors (Lipinski definition) is 1. The molecule has 1 aliphatic carbocycles. The number of rotatable bonds is 4. The van der Waals surface area contributed by atoms with Gasteiger partial charge in [0.2, 0.25) is 0 Å². The van der Waals surface area contributed by atoms with E-state index in [1.165, 1.54) is 37.9 Å². The van der Waals surface area contributed by atoms with Gasteiger partial charge >= 0.3 is 0 Å². The Bertz CT molecular complexity index is 150. The van der Waals surface area contributed by atoms with Gasteiger partial charge in [0.25, 0.3) is 0 Å². The molecule has 2 aliphatic rings. The Morgan fingerprint density at radius 1 is 1.31 bits per heavy atom. The maximum atomic E-state index is 3.71. The van der Waals surface area contributed by atoms with E-state index in [1.807, 2.05) is 0 Å². The van der Waals surface area contributed by atoms with Crippen molar-refractivity contribution < 1.29 is 0 Å². The third-order valence-corrected chi connectivity index (χ3v) is 4.94. The first-order valence-corrected chi connectivity index (χ1v) is 6.81. The molecule has 0 spiro atoms. The average Bonchev–Trinajstić information content (AvgIpc) is 2.51. The molecule has 1 saturated carbocycles. The Hall–Kier alpha value is 0.310. The van der Waals surface area contributed by atoms with E-state index >= 15 is 0 Å². The van der Waals surface area contributed by atoms with Crippen molar-refractivity contribution in [2.45, 2.75) is 50.3 Å². The average molecular weight is 199 g/mol. The smallest absolute Gasteiger partial charge is 0.0214 e. The molecule has 2 heteroatoms. The monoisotopic (exact) mass is 199 g/mol. The fourth-order valence-electron chi connectivity index (χ4n) is 2.52. The van der Waals surface area contributed by atoms with Gasteiger partial charge in [-0.2, -0.15) is 11.8 Å². The van der Waals surface area contributed by atoms with Crippen molar-refractivity contribution in [1.82, 2.24) is 5.32 Å². The molecular formula is C11H21NS. The lowest BCUT2D eigenvalue weighted by atomic mass is 9.78. The van der Waals surface area contributed by atoms with Crippen molar-refractivity contribution in [2.75, 3.05) is 12.3 Å². The van der Waals surface area contributed by atoms with Crippen LogP contribution in [0.4, 0.5) is 0 Å². The summed E-state index contributed by atoms with van der Waals surface area (Å²) in [6.07, 6.45) is 7.34. The second-order valence-corrected chi connectivity index (χ2v) is 5.67. The number of nitrogens with one attached hydrogen (secondary N) is 1. The summed E-state index contributed by atoms with van der Waals surface area (Å²) in [6.45, 7) is 3.39. The van der Waals surface area contributed by atoms with E-state index in [0.717, 1.165) is 23.8 Å². The maximum absolute atomic E-state index is 3.71. The minimum Gasteiger partial charge on any atom is -0.313 e. The van der Waals surface area contributed by atoms with E-state index in [2.05, 4.69) is 24.0 Å². The van der Waals surface area contributed by atoms with Gasteiger partial charge in [-0.1, -0.05) is 13.3 Å². The zero-order chi connectivity index (χ0) is 9.10. The van der Waals surface area contributed by atoms with Crippen LogP contribution in [0.25, 0.3) is 0 Å². The van der Waals surface area contributed by atoms with Crippen LogP contribution in [-0.2, 0) is 0 Å². The Morgan fingerprint density at radius 2 is 2.15 bits per heavy atom. The highest BCUT2D eigenvalue weighted by Gasteiger charge is 2.34. The zero-order valence-electron chi connectivity index (χ0n) is 8.59. The van der Waals surface area contributed by atoms with Crippen LogP contribution in [0.3, 0.4) is 0 Å². The van der Waals surface area contributed by atoms with Crippen LogP contribution in [0.1, 0.15) is 39.0 Å². The molecule has 2 rings (SSSR count). The molecule has 0 aromatic carbocycles. The molecule has 0 radical (unpaired) electrons. The quantitative estimate of drug-likeness (QED) is 0.747. The summed E-state index contributed by atoms with van der Waals surface area (Å²) in [4.78, 5) is 0. The molecule has 1 aliphatic heterocycles. The van der Waals surface area contributed by atoms with E-state index in [-0.39, 0.29) is 0 Å². The highest BCUT2D eigenvalue weighted by atomic mass is 32.2. The van der Waals surface area contributed by atoms with Crippen molar-refractivity contribution in [3.05, 3.63) is 0 Å². The van der Waals surface area contributed by atoms with Gasteiger partial charge in [-0.15, -0.1) is 0 Å². The molecule has 13 heavy (non-hydrogen) atoms. The van der Waals surface area contributed by atoms with E-state index in [4.69, 9.17) is 0 Å². The fourth-order valence-corrected chi connectivity index (χ4v) is 4.02. The first-order valence-electron chi connectivity index (χ1n) is 5.77. The summed E-state index contributed by atoms with van der Waals surface area (Å²) in [6, 6.07) is 0.839. The third kappa shape index (κ3) is 2.21. The molecule has 0 aromatic rings. The van der Waals surface area contributed by atoms with Crippen molar-refractivity contribution in [2.24, 2.45) is 5.92 Å². The lowest BCUT2D eigenvalue weighted by molar-refractivity contribution is 0.225. The normalized spacial score (nSPS) is 31.6. The molecule has 76 valence electrons. The van der Waals surface area contributed by atoms with E-state index in [1.54, 1.807) is 0 Å². The van der Waals surface area contributed by atoms with Crippen LogP contribution in [0, 0.1) is 5.92 Å². The first kappa shape index (κ1) is 9.85. The molecule has 1 nitrogen and oxygen atoms in total. The van der Waals surface area contributed by atoms with E-state index < -0.39 is 0 Å². The third-order valence-electron chi connectivity index (χ3n) is 3.46. The lowest BCUT2D eigenvalue weighted by Gasteiger charge is -2.37. The summed E-state index contributed by atoms with van der Waals surface area (Å²) < 4.78 is 0. The molecule has 1 N–H and O–H groups in total. The fraction of sp³-hybridized carbons (Fsp3) is 1.00. The van der Waals surface area contributed by atoms with Gasteiger partial charge in [0.15, 0.2) is 0 Å². The molecule has 0 bridgehead atoms. The van der Waals surface area contributed by atoms with Gasteiger partial charge < -0.3 is 5.32 Å². The Labute approximate surface area is 86.0 Å². The van der Waals surface area contributed by atoms with Crippen molar-refractivity contribution in [3.63, 3.8) is 0 Å². The molecule has 2 unspecified atom stereocenters. The minimum atomic E-state index is 0.839. The summed E-state index contributed by atoms with van der Waals surface area (Å²) in [5, 5.41) is 4.64. The van der Waals surface area contributed by atoms with Gasteiger partial charge in [0.05, 0.1) is 0 Å². The van der Waals surface area contributed by atoms with Gasteiger partial charge in [-0.3, -0.25) is 0 Å². The molecular weight excluding hydrogens is 178 g/mol. The van der Waals surface area contributed by atoms with Crippen LogP contribution >= 0.6 is 11.8 Å². The van der Waals surface area contributed by atoms with E-state index in [0.29, 0.717) is 0 Å². The van der Waals surface area contributed by atoms with Crippen molar-refractivity contribution in [1.29, 1.82) is 0 Å². The Kier molecular flexibility index (Phi) is 3.56. The lowest BCUT2D eigenvalue weighted by Crippen LogP contribution is -2.45. The molecule has 0 aromatic heterocycles. The second kappa shape index (κ2) is 4.70. The highest BCUT2D eigenvalue weighted by molar-refractivity contribution is 8.00. The van der Waals surface area contributed by atoms with Gasteiger partial charge in [-0.05, 0) is 43.9 Å². The summed E-state index contributed by atoms with van der Waals surface area (Å²) in [5.74, 6) is 2.41. The Morgan fingerprint density at radius 3 is 2.62 bits per heavy atom. The standard InChI is InChI=1S/C11H21NS/c1-2-12-11(9-5-3-6-9)10-7-4-8-13-10/h9-12H,2-8H2,1H3. The zero-order valence-corrected chi connectivity index (χ0v) is 9.41. The topological polar surface area (TPSA) is 12.0 Å². The van der Waals surface area contributed by atoms with Crippen molar-refractivity contribution in [3.8, 4) is 0 Å². The molecule has 2 fully saturated rings. The SMILES string of the molecule is CCNC(C1CCC1)C1CCCS1. The van der Waals surface area contributed by atoms with Crippen molar-refractivity contribution >= 4 is 11.8 Å². The minimum absolute atomic E-state index is 0.839. The Balaban J connectivity index is 1.86. The largest absolute Gasteiger partial charge is 0.313 e. The van der Waals surface area contributed by atoms with Crippen LogP contribution in [0.5, 0.6) is 0 Å². The van der Waals surface area contributed by atoms with Gasteiger partial charge in [0, 0.05) is 11.3 Å². The summed E-state index contributed by atoms with van der Waals surface area (Å²) >= 11 is 2.21. The first-order chi connectivity index (χ1) is 6.42. The van der Waals surface area contributed by atoms with Gasteiger partial charge in [-0.25, -0.2) is 0 Å². The van der Waals surface area contributed by atoms with Crippen LogP contribution < -0.4 is 5.32 Å². The number of hydrogen-bond acceptors (Lipinski definition) is 2. The summed E-state index contributed by atoms with van der Waals surface area (Å²) in [5.41, 5.74) is 0. The van der Waals surface area contributed by atoms with Crippen LogP contribution in [0.15, 0.2) is 0 Å². The summed E-state index contributed by atoms with van der Waals surface area (Å²) in [7, 11) is 0. The molecule has 0 amide bonds. The van der Waals surface area contributed by atoms with Crippen LogP contribution in [-0.4, -0.2) is 23.6 Å². The van der Waals surface area contributed by atoms with Crippen LogP contribution in [0.2, 0.25) is 0 Å². The molecule has 2 atom stereocenters.